The van der Waals surface area contributed by atoms with Crippen molar-refractivity contribution in [2.45, 2.75) is 23.8 Å². The molecule has 0 aromatic heterocycles. The summed E-state index contributed by atoms with van der Waals surface area (Å²) in [5, 5.41) is 3.18. The lowest BCUT2D eigenvalue weighted by Gasteiger charge is -2.34. The van der Waals surface area contributed by atoms with Gasteiger partial charge >= 0.3 is 5.97 Å². The van der Waals surface area contributed by atoms with Gasteiger partial charge in [0.1, 0.15) is 10.7 Å². The molecule has 1 aromatic carbocycles. The Balaban J connectivity index is 1.86. The molecule has 1 heterocycles. The van der Waals surface area contributed by atoms with E-state index in [-0.39, 0.29) is 20.9 Å². The number of piperazine rings is 1. The first-order chi connectivity index (χ1) is 12.9. The van der Waals surface area contributed by atoms with Crippen LogP contribution in [-0.2, 0) is 20.3 Å². The van der Waals surface area contributed by atoms with Gasteiger partial charge in [0.25, 0.3) is 0 Å². The maximum Gasteiger partial charge on any atom is 0.348 e. The molecule has 6 nitrogen and oxygen atoms in total. The van der Waals surface area contributed by atoms with E-state index in [0.29, 0.717) is 18.8 Å². The Kier molecular flexibility index (Phi) is 6.39. The zero-order valence-electron chi connectivity index (χ0n) is 15.3. The Morgan fingerprint density at radius 3 is 2.59 bits per heavy atom. The summed E-state index contributed by atoms with van der Waals surface area (Å²) in [6, 6.07) is 2.91. The fraction of sp³-hybridized carbons (Fsp3) is 0.500. The number of nitrogens with zero attached hydrogens (tertiary/aromatic N) is 2. The lowest BCUT2D eigenvalue weighted by Crippen LogP contribution is -2.44. The summed E-state index contributed by atoms with van der Waals surface area (Å²) in [7, 11) is 1.27. The minimum absolute atomic E-state index is 0.0568. The molecule has 0 radical (unpaired) electrons. The lowest BCUT2D eigenvalue weighted by atomic mass is 10.2. The van der Waals surface area contributed by atoms with Gasteiger partial charge in [-0.25, -0.2) is 13.4 Å². The molecule has 1 atom stereocenters. The summed E-state index contributed by atoms with van der Waals surface area (Å²) >= 11 is 6.31. The number of benzene rings is 1. The minimum atomic E-state index is -1.96. The summed E-state index contributed by atoms with van der Waals surface area (Å²) < 4.78 is 32.4. The van der Waals surface area contributed by atoms with E-state index in [9.17, 15) is 13.4 Å². The molecule has 0 spiro atoms. The van der Waals surface area contributed by atoms with Gasteiger partial charge in [0.05, 0.1) is 33.5 Å². The van der Waals surface area contributed by atoms with Gasteiger partial charge in [0, 0.05) is 38.4 Å². The highest BCUT2D eigenvalue weighted by Crippen LogP contribution is 2.32. The van der Waals surface area contributed by atoms with Crippen LogP contribution in [0.15, 0.2) is 28.1 Å². The van der Waals surface area contributed by atoms with Gasteiger partial charge in [-0.15, -0.1) is 0 Å². The molecule has 1 aromatic rings. The van der Waals surface area contributed by atoms with E-state index in [4.69, 9.17) is 16.3 Å². The number of carbonyl (C=O) groups excluding carboxylic acids is 1. The van der Waals surface area contributed by atoms with Crippen molar-refractivity contribution >= 4 is 34.1 Å². The molecule has 0 bridgehead atoms. The second-order valence-corrected chi connectivity index (χ2v) is 8.56. The van der Waals surface area contributed by atoms with Gasteiger partial charge in [-0.1, -0.05) is 11.6 Å². The van der Waals surface area contributed by atoms with Crippen molar-refractivity contribution < 1.29 is 18.1 Å². The van der Waals surface area contributed by atoms with Gasteiger partial charge in [-0.3, -0.25) is 0 Å². The van der Waals surface area contributed by atoms with Crippen molar-refractivity contribution in [3.63, 3.8) is 0 Å². The number of halogens is 2. The number of rotatable bonds is 6. The van der Waals surface area contributed by atoms with Gasteiger partial charge in [-0.05, 0) is 32.0 Å². The molecule has 1 saturated heterocycles. The number of nitrogens with one attached hydrogen (secondary N) is 1. The van der Waals surface area contributed by atoms with Crippen LogP contribution in [0.2, 0.25) is 5.02 Å². The lowest BCUT2D eigenvalue weighted by molar-refractivity contribution is -0.135. The Labute approximate surface area is 165 Å². The minimum Gasteiger partial charge on any atom is -0.465 e. The fourth-order valence-corrected chi connectivity index (χ4v) is 4.26. The third-order valence-electron chi connectivity index (χ3n) is 4.66. The van der Waals surface area contributed by atoms with Crippen molar-refractivity contribution in [2.75, 3.05) is 45.2 Å². The van der Waals surface area contributed by atoms with E-state index in [1.54, 1.807) is 0 Å². The van der Waals surface area contributed by atoms with Crippen LogP contribution in [0.25, 0.3) is 0 Å². The maximum absolute atomic E-state index is 14.7. The predicted molar refractivity (Wildman–Crippen MR) is 104 cm³/mol. The summed E-state index contributed by atoms with van der Waals surface area (Å²) in [6.07, 6.45) is 3.38. The average Bonchev–Trinajstić information content (AvgIpc) is 3.48. The molecular formula is C18H23ClFN3O3S. The topological polar surface area (TPSA) is 61.9 Å². The van der Waals surface area contributed by atoms with Crippen molar-refractivity contribution in [1.29, 1.82) is 0 Å². The third kappa shape index (κ3) is 4.80. The van der Waals surface area contributed by atoms with E-state index in [2.05, 4.69) is 10.2 Å². The van der Waals surface area contributed by atoms with Crippen LogP contribution in [0, 0.1) is 5.82 Å². The Bertz CT molecular complexity index is 777. The highest BCUT2D eigenvalue weighted by Gasteiger charge is 2.26. The molecule has 1 unspecified atom stereocenters. The maximum atomic E-state index is 14.7. The van der Waals surface area contributed by atoms with Crippen molar-refractivity contribution in [3.05, 3.63) is 34.1 Å². The molecule has 1 aliphatic carbocycles. The number of carbonyl (C=O) groups is 1. The van der Waals surface area contributed by atoms with E-state index < -0.39 is 22.6 Å². The van der Waals surface area contributed by atoms with Gasteiger partial charge in [0.2, 0.25) is 0 Å². The molecule has 1 saturated carbocycles. The normalized spacial score (nSPS) is 19.7. The number of methoxy groups -OCH3 is 1. The average molecular weight is 416 g/mol. The molecule has 2 fully saturated rings. The number of ether oxygens (including phenoxy) is 1. The molecular weight excluding hydrogens is 393 g/mol. The first kappa shape index (κ1) is 20.1. The Morgan fingerprint density at radius 2 is 2.00 bits per heavy atom. The summed E-state index contributed by atoms with van der Waals surface area (Å²) in [5.74, 6) is -1.24. The summed E-state index contributed by atoms with van der Waals surface area (Å²) in [6.45, 7) is 3.02. The monoisotopic (exact) mass is 415 g/mol. The van der Waals surface area contributed by atoms with Gasteiger partial charge in [0.15, 0.2) is 0 Å². The van der Waals surface area contributed by atoms with Crippen LogP contribution in [0.3, 0.4) is 0 Å². The molecule has 1 N–H and O–H groups in total. The fourth-order valence-electron chi connectivity index (χ4n) is 2.80. The summed E-state index contributed by atoms with van der Waals surface area (Å²) in [5.41, 5.74) is 0.383. The molecule has 9 heteroatoms. The molecule has 27 heavy (non-hydrogen) atoms. The quantitative estimate of drug-likeness (QED) is 0.567. The third-order valence-corrected chi connectivity index (χ3v) is 6.50. The van der Waals surface area contributed by atoms with Crippen LogP contribution in [0.4, 0.5) is 10.1 Å². The zero-order chi connectivity index (χ0) is 19.6. The number of hydrogen-bond acceptors (Lipinski definition) is 6. The van der Waals surface area contributed by atoms with Crippen LogP contribution in [0.5, 0.6) is 0 Å². The SMILES string of the molecule is COC(=O)/C(=C/NC1CC1)S(=O)c1cc(F)c(N2CCN(C)CC2)cc1Cl. The van der Waals surface area contributed by atoms with E-state index in [1.165, 1.54) is 19.4 Å². The number of anilines is 1. The number of esters is 1. The smallest absolute Gasteiger partial charge is 0.348 e. The molecule has 2 aliphatic rings. The highest BCUT2D eigenvalue weighted by atomic mass is 35.5. The predicted octanol–water partition coefficient (Wildman–Crippen LogP) is 2.10. The molecule has 0 amide bonds. The van der Waals surface area contributed by atoms with Crippen LogP contribution in [0.1, 0.15) is 12.8 Å². The van der Waals surface area contributed by atoms with Crippen LogP contribution in [-0.4, -0.2) is 61.5 Å². The molecule has 148 valence electrons. The van der Waals surface area contributed by atoms with E-state index >= 15 is 0 Å². The Morgan fingerprint density at radius 1 is 1.33 bits per heavy atom. The largest absolute Gasteiger partial charge is 0.465 e. The van der Waals surface area contributed by atoms with E-state index in [0.717, 1.165) is 32.0 Å². The van der Waals surface area contributed by atoms with Crippen LogP contribution < -0.4 is 10.2 Å². The zero-order valence-corrected chi connectivity index (χ0v) is 16.9. The van der Waals surface area contributed by atoms with Crippen molar-refractivity contribution in [1.82, 2.24) is 10.2 Å². The summed E-state index contributed by atoms with van der Waals surface area (Å²) in [4.78, 5) is 16.1. The second kappa shape index (κ2) is 8.58. The first-order valence-corrected chi connectivity index (χ1v) is 10.3. The van der Waals surface area contributed by atoms with E-state index in [1.807, 2.05) is 11.9 Å². The Hall–Kier alpha value is -1.64. The van der Waals surface area contributed by atoms with Gasteiger partial charge < -0.3 is 19.9 Å². The van der Waals surface area contributed by atoms with Crippen LogP contribution >= 0.6 is 11.6 Å². The molecule has 1 aliphatic heterocycles. The van der Waals surface area contributed by atoms with Crippen molar-refractivity contribution in [3.8, 4) is 0 Å². The highest BCUT2D eigenvalue weighted by molar-refractivity contribution is 7.90. The number of likely N-dealkylation sites (N-methyl/N-ethyl adjacent to an activating group) is 1. The number of hydrogen-bond donors (Lipinski definition) is 1. The van der Waals surface area contributed by atoms with Crippen molar-refractivity contribution in [2.24, 2.45) is 0 Å². The first-order valence-electron chi connectivity index (χ1n) is 8.79. The second-order valence-electron chi connectivity index (χ2n) is 6.73. The standard InChI is InChI=1S/C18H23ClFN3O3S/c1-22-5-7-23(8-6-22)15-9-13(19)16(10-14(15)20)27(25)17(18(24)26-2)11-21-12-3-4-12/h9-12,21H,3-8H2,1-2H3/b17-11-. The van der Waals surface area contributed by atoms with Gasteiger partial charge in [-0.2, -0.15) is 0 Å². The molecule has 3 rings (SSSR count).